The van der Waals surface area contributed by atoms with E-state index in [1.54, 1.807) is 7.11 Å². The number of ether oxygens (including phenoxy) is 2. The largest absolute Gasteiger partial charge is 0.497 e. The molecule has 120 valence electrons. The van der Waals surface area contributed by atoms with Crippen LogP contribution in [0, 0.1) is 0 Å². The molecule has 0 spiro atoms. The molecule has 2 rings (SSSR count). The summed E-state index contributed by atoms with van der Waals surface area (Å²) >= 11 is 1.25. The molecule has 1 aliphatic heterocycles. The van der Waals surface area contributed by atoms with Crippen LogP contribution >= 0.6 is 11.8 Å². The SMILES string of the molecule is COc1cccc(C2NC(=O)C(OC(=O)NC(C)(C)C)S2)c1. The maximum absolute atomic E-state index is 11.9. The third-order valence-corrected chi connectivity index (χ3v) is 4.05. The first-order chi connectivity index (χ1) is 10.3. The first-order valence-electron chi connectivity index (χ1n) is 6.87. The van der Waals surface area contributed by atoms with Gasteiger partial charge in [-0.05, 0) is 38.5 Å². The number of amides is 2. The second-order valence-corrected chi connectivity index (χ2v) is 7.09. The normalized spacial score (nSPS) is 21.2. The van der Waals surface area contributed by atoms with E-state index in [1.807, 2.05) is 45.0 Å². The number of carbonyl (C=O) groups is 2. The number of benzene rings is 1. The van der Waals surface area contributed by atoms with Crippen molar-refractivity contribution in [3.8, 4) is 5.75 Å². The van der Waals surface area contributed by atoms with Crippen LogP contribution in [0.1, 0.15) is 31.7 Å². The van der Waals surface area contributed by atoms with Gasteiger partial charge in [0.25, 0.3) is 5.91 Å². The summed E-state index contributed by atoms with van der Waals surface area (Å²) < 4.78 is 10.3. The predicted octanol–water partition coefficient (Wildman–Crippen LogP) is 2.41. The van der Waals surface area contributed by atoms with Gasteiger partial charge in [-0.25, -0.2) is 4.79 Å². The zero-order valence-corrected chi connectivity index (χ0v) is 13.8. The molecule has 0 bridgehead atoms. The molecule has 22 heavy (non-hydrogen) atoms. The number of nitrogens with one attached hydrogen (secondary N) is 2. The van der Waals surface area contributed by atoms with Gasteiger partial charge in [-0.1, -0.05) is 23.9 Å². The Morgan fingerprint density at radius 2 is 2.09 bits per heavy atom. The van der Waals surface area contributed by atoms with E-state index in [0.29, 0.717) is 5.75 Å². The molecule has 6 nitrogen and oxygen atoms in total. The van der Waals surface area contributed by atoms with E-state index in [2.05, 4.69) is 10.6 Å². The van der Waals surface area contributed by atoms with E-state index >= 15 is 0 Å². The van der Waals surface area contributed by atoms with Crippen LogP contribution in [0.4, 0.5) is 4.79 Å². The van der Waals surface area contributed by atoms with Crippen molar-refractivity contribution >= 4 is 23.8 Å². The molecule has 0 aromatic heterocycles. The minimum Gasteiger partial charge on any atom is -0.497 e. The molecule has 1 saturated heterocycles. The second kappa shape index (κ2) is 6.48. The van der Waals surface area contributed by atoms with Crippen molar-refractivity contribution in [1.29, 1.82) is 0 Å². The lowest BCUT2D eigenvalue weighted by atomic mass is 10.1. The minimum absolute atomic E-state index is 0.268. The number of methoxy groups -OCH3 is 1. The Kier molecular flexibility index (Phi) is 4.85. The number of thioether (sulfide) groups is 1. The smallest absolute Gasteiger partial charge is 0.409 e. The maximum Gasteiger partial charge on any atom is 0.409 e. The molecule has 2 N–H and O–H groups in total. The summed E-state index contributed by atoms with van der Waals surface area (Å²) in [7, 11) is 1.59. The predicted molar refractivity (Wildman–Crippen MR) is 84.6 cm³/mol. The van der Waals surface area contributed by atoms with E-state index < -0.39 is 17.1 Å². The Morgan fingerprint density at radius 1 is 1.36 bits per heavy atom. The Hall–Kier alpha value is -1.89. The zero-order valence-electron chi connectivity index (χ0n) is 13.0. The first kappa shape index (κ1) is 16.5. The van der Waals surface area contributed by atoms with Crippen LogP contribution in [0.5, 0.6) is 5.75 Å². The average molecular weight is 324 g/mol. The highest BCUT2D eigenvalue weighted by Crippen LogP contribution is 2.37. The molecule has 0 aliphatic carbocycles. The molecule has 1 aliphatic rings. The molecule has 2 unspecified atom stereocenters. The van der Waals surface area contributed by atoms with Crippen molar-refractivity contribution in [2.75, 3.05) is 7.11 Å². The molecule has 2 atom stereocenters. The van der Waals surface area contributed by atoms with Crippen molar-refractivity contribution in [2.45, 2.75) is 37.1 Å². The fraction of sp³-hybridized carbons (Fsp3) is 0.467. The molecule has 1 heterocycles. The summed E-state index contributed by atoms with van der Waals surface area (Å²) in [5, 5.41) is 5.20. The van der Waals surface area contributed by atoms with E-state index in [9.17, 15) is 9.59 Å². The van der Waals surface area contributed by atoms with Crippen LogP contribution in [0.15, 0.2) is 24.3 Å². The number of hydrogen-bond donors (Lipinski definition) is 2. The summed E-state index contributed by atoms with van der Waals surface area (Å²) in [6, 6.07) is 7.41. The Bertz CT molecular complexity index is 571. The van der Waals surface area contributed by atoms with Crippen LogP contribution < -0.4 is 15.4 Å². The van der Waals surface area contributed by atoms with Gasteiger partial charge in [0.05, 0.1) is 7.11 Å². The molecule has 7 heteroatoms. The van der Waals surface area contributed by atoms with E-state index in [-0.39, 0.29) is 11.3 Å². The lowest BCUT2D eigenvalue weighted by Crippen LogP contribution is -2.43. The summed E-state index contributed by atoms with van der Waals surface area (Å²) in [5.41, 5.74) is -0.387. The number of carbonyl (C=O) groups excluding carboxylic acids is 2. The molecule has 0 saturated carbocycles. The van der Waals surface area contributed by atoms with Crippen molar-refractivity contribution in [2.24, 2.45) is 0 Å². The van der Waals surface area contributed by atoms with Gasteiger partial charge in [0, 0.05) is 5.54 Å². The van der Waals surface area contributed by atoms with Gasteiger partial charge in [-0.15, -0.1) is 0 Å². The molecular formula is C15H20N2O4S. The van der Waals surface area contributed by atoms with Crippen LogP contribution in [0.25, 0.3) is 0 Å². The third-order valence-electron chi connectivity index (χ3n) is 2.83. The topological polar surface area (TPSA) is 76.7 Å². The summed E-state index contributed by atoms with van der Waals surface area (Å²) in [5.74, 6) is 0.393. The Labute approximate surface area is 133 Å². The van der Waals surface area contributed by atoms with Crippen molar-refractivity contribution in [3.63, 3.8) is 0 Å². The van der Waals surface area contributed by atoms with Crippen molar-refractivity contribution < 1.29 is 19.1 Å². The standard InChI is InChI=1S/C15H20N2O4S/c1-15(2,3)17-14(19)21-13-11(18)16-12(22-13)9-6-5-7-10(8-9)20-4/h5-8,12-13H,1-4H3,(H,16,18)(H,17,19). The van der Waals surface area contributed by atoms with Gasteiger partial charge in [0.2, 0.25) is 5.44 Å². The average Bonchev–Trinajstić information content (AvgIpc) is 2.78. The number of rotatable bonds is 3. The van der Waals surface area contributed by atoms with Crippen molar-refractivity contribution in [1.82, 2.24) is 10.6 Å². The fourth-order valence-corrected chi connectivity index (χ4v) is 2.97. The van der Waals surface area contributed by atoms with Crippen LogP contribution in [-0.2, 0) is 9.53 Å². The van der Waals surface area contributed by atoms with Crippen LogP contribution in [-0.4, -0.2) is 30.1 Å². The highest BCUT2D eigenvalue weighted by Gasteiger charge is 2.37. The van der Waals surface area contributed by atoms with Gasteiger partial charge >= 0.3 is 6.09 Å². The van der Waals surface area contributed by atoms with Gasteiger partial charge in [-0.2, -0.15) is 0 Å². The summed E-state index contributed by atoms with van der Waals surface area (Å²) in [6.07, 6.45) is -0.605. The molecule has 1 aromatic rings. The van der Waals surface area contributed by atoms with Gasteiger partial charge in [0.1, 0.15) is 11.1 Å². The van der Waals surface area contributed by atoms with Gasteiger partial charge in [-0.3, -0.25) is 4.79 Å². The Morgan fingerprint density at radius 3 is 2.73 bits per heavy atom. The van der Waals surface area contributed by atoms with Gasteiger partial charge < -0.3 is 20.1 Å². The van der Waals surface area contributed by atoms with Crippen LogP contribution in [0.2, 0.25) is 0 Å². The monoisotopic (exact) mass is 324 g/mol. The number of hydrogen-bond acceptors (Lipinski definition) is 5. The van der Waals surface area contributed by atoms with Crippen LogP contribution in [0.3, 0.4) is 0 Å². The highest BCUT2D eigenvalue weighted by molar-refractivity contribution is 8.01. The summed E-state index contributed by atoms with van der Waals surface area (Å²) in [6.45, 7) is 5.53. The third kappa shape index (κ3) is 4.30. The minimum atomic E-state index is -0.862. The quantitative estimate of drug-likeness (QED) is 0.893. The Balaban J connectivity index is 2.00. The zero-order chi connectivity index (χ0) is 16.3. The lowest BCUT2D eigenvalue weighted by molar-refractivity contribution is -0.124. The fourth-order valence-electron chi connectivity index (χ4n) is 1.90. The molecule has 2 amide bonds. The van der Waals surface area contributed by atoms with E-state index in [4.69, 9.17) is 9.47 Å². The molecule has 1 fully saturated rings. The number of alkyl carbamates (subject to hydrolysis) is 1. The van der Waals surface area contributed by atoms with E-state index in [1.165, 1.54) is 11.8 Å². The van der Waals surface area contributed by atoms with Crippen molar-refractivity contribution in [3.05, 3.63) is 29.8 Å². The lowest BCUT2D eigenvalue weighted by Gasteiger charge is -2.21. The molecular weight excluding hydrogens is 304 g/mol. The second-order valence-electron chi connectivity index (χ2n) is 5.91. The highest BCUT2D eigenvalue weighted by atomic mass is 32.2. The van der Waals surface area contributed by atoms with E-state index in [0.717, 1.165) is 5.56 Å². The first-order valence-corrected chi connectivity index (χ1v) is 7.81. The molecule has 1 aromatic carbocycles. The van der Waals surface area contributed by atoms with Gasteiger partial charge in [0.15, 0.2) is 0 Å². The summed E-state index contributed by atoms with van der Waals surface area (Å²) in [4.78, 5) is 23.7. The molecule has 0 radical (unpaired) electrons. The maximum atomic E-state index is 11.9.